The van der Waals surface area contributed by atoms with Crippen molar-refractivity contribution in [2.24, 2.45) is 0 Å². The van der Waals surface area contributed by atoms with Crippen molar-refractivity contribution < 1.29 is 14.0 Å². The van der Waals surface area contributed by atoms with Gasteiger partial charge in [0.2, 0.25) is 0 Å². The normalized spacial score (nSPS) is 16.6. The van der Waals surface area contributed by atoms with Crippen LogP contribution < -0.4 is 10.6 Å². The van der Waals surface area contributed by atoms with Crippen LogP contribution in [0.1, 0.15) is 11.3 Å². The summed E-state index contributed by atoms with van der Waals surface area (Å²) in [6.07, 6.45) is 5.38. The van der Waals surface area contributed by atoms with Crippen molar-refractivity contribution in [3.63, 3.8) is 0 Å². The van der Waals surface area contributed by atoms with Crippen LogP contribution in [0.15, 0.2) is 52.0 Å². The Morgan fingerprint density at radius 3 is 2.75 bits per heavy atom. The third-order valence-electron chi connectivity index (χ3n) is 4.00. The zero-order valence-corrected chi connectivity index (χ0v) is 16.6. The number of aromatic nitrogens is 1. The van der Waals surface area contributed by atoms with Crippen LogP contribution in [0.2, 0.25) is 5.02 Å². The van der Waals surface area contributed by atoms with Crippen molar-refractivity contribution in [3.05, 3.63) is 64.0 Å². The molecule has 1 saturated heterocycles. The first-order chi connectivity index (χ1) is 13.5. The summed E-state index contributed by atoms with van der Waals surface area (Å²) in [5.74, 6) is 0.0120. The molecule has 9 heteroatoms. The number of carbonyl (C=O) groups excluding carboxylic acids is 2. The van der Waals surface area contributed by atoms with Gasteiger partial charge in [0.25, 0.3) is 11.1 Å². The minimum atomic E-state index is -0.435. The zero-order valence-electron chi connectivity index (χ0n) is 14.2. The summed E-state index contributed by atoms with van der Waals surface area (Å²) in [7, 11) is 0. The molecule has 1 unspecified atom stereocenters. The number of thioether (sulfide) groups is 1. The number of halogens is 2. The predicted molar refractivity (Wildman–Crippen MR) is 112 cm³/mol. The lowest BCUT2D eigenvalue weighted by Crippen LogP contribution is -2.17. The molecule has 1 aliphatic heterocycles. The van der Waals surface area contributed by atoms with Crippen molar-refractivity contribution in [3.8, 4) is 0 Å². The quantitative estimate of drug-likeness (QED) is 0.333. The molecule has 0 bridgehead atoms. The van der Waals surface area contributed by atoms with Gasteiger partial charge in [0.1, 0.15) is 11.3 Å². The minimum Gasteiger partial charge on any atom is -0.454 e. The number of pyridine rings is 1. The second-order valence-electron chi connectivity index (χ2n) is 6.05. The van der Waals surface area contributed by atoms with E-state index in [1.807, 2.05) is 24.3 Å². The van der Waals surface area contributed by atoms with Crippen LogP contribution in [0.3, 0.4) is 0 Å². The Kier molecular flexibility index (Phi) is 5.30. The maximum Gasteiger partial charge on any atom is 0.290 e. The highest BCUT2D eigenvalue weighted by atomic mass is 35.5. The van der Waals surface area contributed by atoms with Gasteiger partial charge in [0.05, 0.1) is 16.8 Å². The average molecular weight is 434 g/mol. The van der Waals surface area contributed by atoms with Gasteiger partial charge < -0.3 is 9.73 Å². The number of carbonyl (C=O) groups is 2. The number of rotatable bonds is 5. The Morgan fingerprint density at radius 2 is 2.04 bits per heavy atom. The van der Waals surface area contributed by atoms with Crippen molar-refractivity contribution in [2.75, 3.05) is 5.32 Å². The topological polar surface area (TPSA) is 84.2 Å². The van der Waals surface area contributed by atoms with E-state index in [1.54, 1.807) is 18.5 Å². The van der Waals surface area contributed by atoms with E-state index in [-0.39, 0.29) is 4.91 Å². The fourth-order valence-corrected chi connectivity index (χ4v) is 3.84. The van der Waals surface area contributed by atoms with Crippen molar-refractivity contribution in [1.82, 2.24) is 10.3 Å². The Balaban J connectivity index is 1.55. The van der Waals surface area contributed by atoms with Gasteiger partial charge in [0, 0.05) is 29.1 Å². The molecule has 3 aromatic rings. The molecule has 1 fully saturated rings. The highest BCUT2D eigenvalue weighted by molar-refractivity contribution is 8.18. The molecular formula is C19H13Cl2N3O3S. The number of anilines is 1. The summed E-state index contributed by atoms with van der Waals surface area (Å²) in [4.78, 5) is 27.5. The van der Waals surface area contributed by atoms with E-state index in [1.165, 1.54) is 6.08 Å². The third kappa shape index (κ3) is 4.16. The van der Waals surface area contributed by atoms with E-state index >= 15 is 0 Å². The van der Waals surface area contributed by atoms with E-state index in [2.05, 4.69) is 15.6 Å². The molecule has 0 aliphatic carbocycles. The number of nitrogens with zero attached hydrogens (tertiary/aromatic N) is 1. The fourth-order valence-electron chi connectivity index (χ4n) is 2.75. The summed E-state index contributed by atoms with van der Waals surface area (Å²) in [6.45, 7) is 0. The molecule has 1 aromatic carbocycles. The largest absolute Gasteiger partial charge is 0.454 e. The van der Waals surface area contributed by atoms with Gasteiger partial charge in [-0.2, -0.15) is 0 Å². The average Bonchev–Trinajstić information content (AvgIpc) is 3.20. The molecular weight excluding hydrogens is 421 g/mol. The van der Waals surface area contributed by atoms with E-state index in [9.17, 15) is 9.59 Å². The Hall–Kier alpha value is -2.48. The Labute approximate surface area is 174 Å². The maximum atomic E-state index is 11.7. The molecule has 1 atom stereocenters. The summed E-state index contributed by atoms with van der Waals surface area (Å²) in [5.41, 5.74) is 1.85. The lowest BCUT2D eigenvalue weighted by atomic mass is 10.1. The fraction of sp³-hybridized carbons (Fsp3) is 0.105. The number of nitrogens with one attached hydrogen (secondary N) is 2. The number of hydrogen-bond acceptors (Lipinski definition) is 6. The lowest BCUT2D eigenvalue weighted by molar-refractivity contribution is -0.115. The van der Waals surface area contributed by atoms with E-state index < -0.39 is 16.6 Å². The highest BCUT2D eigenvalue weighted by Gasteiger charge is 2.25. The van der Waals surface area contributed by atoms with Crippen LogP contribution in [-0.4, -0.2) is 21.6 Å². The number of furan rings is 1. The van der Waals surface area contributed by atoms with Crippen molar-refractivity contribution >= 4 is 68.8 Å². The van der Waals surface area contributed by atoms with E-state index in [0.717, 1.165) is 22.7 Å². The first-order valence-corrected chi connectivity index (χ1v) is 9.88. The van der Waals surface area contributed by atoms with Crippen molar-refractivity contribution in [1.29, 1.82) is 0 Å². The van der Waals surface area contributed by atoms with Gasteiger partial charge in [-0.1, -0.05) is 35.3 Å². The molecule has 1 aliphatic rings. The molecule has 0 saturated carbocycles. The molecule has 6 nitrogen and oxygen atoms in total. The van der Waals surface area contributed by atoms with Gasteiger partial charge in [-0.3, -0.25) is 19.9 Å². The summed E-state index contributed by atoms with van der Waals surface area (Å²) >= 11 is 13.2. The second-order valence-corrected chi connectivity index (χ2v) is 8.03. The van der Waals surface area contributed by atoms with Crippen LogP contribution >= 0.6 is 35.0 Å². The molecule has 2 amide bonds. The summed E-state index contributed by atoms with van der Waals surface area (Å²) < 4.78 is 5.85. The predicted octanol–water partition coefficient (Wildman–Crippen LogP) is 5.02. The molecule has 4 rings (SSSR count). The molecule has 2 N–H and O–H groups in total. The Bertz CT molecular complexity index is 1100. The minimum absolute atomic E-state index is 0.282. The van der Waals surface area contributed by atoms with Crippen LogP contribution in [0.5, 0.6) is 0 Å². The smallest absolute Gasteiger partial charge is 0.290 e. The van der Waals surface area contributed by atoms with Gasteiger partial charge >= 0.3 is 0 Å². The SMILES string of the molecule is O=C1NC(=O)/C(=C\c2cc3cncc(NC(Cl)Cc4ccc(Cl)cc4)c3o2)S1. The number of imide groups is 1. The molecule has 2 aromatic heterocycles. The van der Waals surface area contributed by atoms with Crippen LogP contribution in [0.25, 0.3) is 17.0 Å². The molecule has 142 valence electrons. The highest BCUT2D eigenvalue weighted by Crippen LogP contribution is 2.31. The van der Waals surface area contributed by atoms with Crippen molar-refractivity contribution in [2.45, 2.75) is 11.9 Å². The third-order valence-corrected chi connectivity index (χ3v) is 5.32. The van der Waals surface area contributed by atoms with E-state index in [4.69, 9.17) is 27.6 Å². The van der Waals surface area contributed by atoms with Crippen LogP contribution in [-0.2, 0) is 11.2 Å². The van der Waals surface area contributed by atoms with Gasteiger partial charge in [0.15, 0.2) is 5.58 Å². The molecule has 28 heavy (non-hydrogen) atoms. The monoisotopic (exact) mass is 433 g/mol. The summed E-state index contributed by atoms with van der Waals surface area (Å²) in [6, 6.07) is 9.22. The number of alkyl halides is 1. The van der Waals surface area contributed by atoms with Crippen LogP contribution in [0.4, 0.5) is 10.5 Å². The molecule has 0 radical (unpaired) electrons. The van der Waals surface area contributed by atoms with E-state index in [0.29, 0.717) is 28.5 Å². The maximum absolute atomic E-state index is 11.7. The number of benzene rings is 1. The zero-order chi connectivity index (χ0) is 19.7. The standard InChI is InChI=1S/C19H13Cl2N3O3S/c20-12-3-1-10(2-4-12)5-16(21)23-14-9-22-8-11-6-13(27-17(11)14)7-15-18(25)24-19(26)28-15/h1-4,6-9,16,23H,5H2,(H,24,25,26)/b15-7+. The number of hydrogen-bond donors (Lipinski definition) is 2. The van der Waals surface area contributed by atoms with Gasteiger partial charge in [-0.25, -0.2) is 0 Å². The van der Waals surface area contributed by atoms with Crippen LogP contribution in [0, 0.1) is 0 Å². The number of fused-ring (bicyclic) bond motifs is 1. The first kappa shape index (κ1) is 18.9. The lowest BCUT2D eigenvalue weighted by Gasteiger charge is -2.13. The van der Waals surface area contributed by atoms with Gasteiger partial charge in [-0.15, -0.1) is 0 Å². The Morgan fingerprint density at radius 1 is 1.25 bits per heavy atom. The first-order valence-electron chi connectivity index (χ1n) is 8.25. The second kappa shape index (κ2) is 7.87. The number of amides is 2. The molecule has 0 spiro atoms. The summed E-state index contributed by atoms with van der Waals surface area (Å²) in [5, 5.41) is 6.42. The van der Waals surface area contributed by atoms with Gasteiger partial charge in [-0.05, 0) is 35.5 Å². The molecule has 3 heterocycles.